The van der Waals surface area contributed by atoms with Gasteiger partial charge in [0.2, 0.25) is 5.95 Å². The second-order valence-electron chi connectivity index (χ2n) is 25.2. The molecular weight excluding hydrogens is 1270 g/mol. The fourth-order valence-corrected chi connectivity index (χ4v) is 21.3. The Kier molecular flexibility index (Phi) is 11.0. The fourth-order valence-electron chi connectivity index (χ4n) is 16.4. The van der Waals surface area contributed by atoms with Gasteiger partial charge in [-0.25, -0.2) is 4.98 Å². The van der Waals surface area contributed by atoms with Crippen molar-refractivity contribution >= 4 is 216 Å². The Morgan fingerprint density at radius 3 is 1.25 bits per heavy atom. The van der Waals surface area contributed by atoms with Crippen LogP contribution < -0.4 is 0 Å². The van der Waals surface area contributed by atoms with E-state index in [4.69, 9.17) is 15.0 Å². The van der Waals surface area contributed by atoms with Crippen LogP contribution in [0.2, 0.25) is 0 Å². The average Bonchev–Trinajstić information content (AvgIpc) is 1.54. The molecule has 0 spiro atoms. The molecule has 23 aromatic rings. The molecule has 0 fully saturated rings. The maximum absolute atomic E-state index is 5.30. The third-order valence-electron chi connectivity index (χ3n) is 20.3. The average molecular weight is 1320 g/mol. The summed E-state index contributed by atoms with van der Waals surface area (Å²) < 4.78 is 15.7. The molecule has 0 amide bonds. The van der Waals surface area contributed by atoms with Gasteiger partial charge >= 0.3 is 234 Å². The normalized spacial score (nSPS) is 12.4. The topological polar surface area (TPSA) is 52.4 Å². The van der Waals surface area contributed by atoms with Gasteiger partial charge in [-0.1, -0.05) is 146 Å². The summed E-state index contributed by atoms with van der Waals surface area (Å²) in [5.74, 6) is 1.85. The molecule has 0 radical (unpaired) electrons. The zero-order valence-corrected chi connectivity index (χ0v) is 54.5. The molecule has 0 bridgehead atoms. The molecule has 9 aromatic heterocycles. The molecule has 9 heteroatoms. The Hall–Kier alpha value is -11.6. The Balaban J connectivity index is 0.000000133. The number of para-hydroxylation sites is 3. The molecule has 0 unspecified atom stereocenters. The summed E-state index contributed by atoms with van der Waals surface area (Å²) in [6.45, 7) is 0. The van der Waals surface area contributed by atoms with Crippen LogP contribution in [0.15, 0.2) is 291 Å². The molecule has 0 saturated carbocycles. The summed E-state index contributed by atoms with van der Waals surface area (Å²) in [5, 5.41) is 25.7. The van der Waals surface area contributed by atoms with Crippen LogP contribution in [0.5, 0.6) is 0 Å². The Bertz CT molecular complexity index is 7280. The molecule has 0 saturated heterocycles. The summed E-state index contributed by atoms with van der Waals surface area (Å²) in [4.78, 5) is 15.7. The van der Waals surface area contributed by atoms with Crippen LogP contribution in [-0.4, -0.2) is 42.8 Å². The summed E-state index contributed by atoms with van der Waals surface area (Å²) in [6, 6.07) is 106. The van der Waals surface area contributed by atoms with Gasteiger partial charge in [0.1, 0.15) is 0 Å². The van der Waals surface area contributed by atoms with E-state index in [1.54, 1.807) is 0 Å². The van der Waals surface area contributed by atoms with Crippen LogP contribution in [0.3, 0.4) is 0 Å². The number of aromatic nitrogens is 6. The van der Waals surface area contributed by atoms with Crippen LogP contribution in [0.4, 0.5) is 0 Å². The van der Waals surface area contributed by atoms with Crippen molar-refractivity contribution in [3.05, 3.63) is 291 Å². The van der Waals surface area contributed by atoms with Gasteiger partial charge in [0.25, 0.3) is 0 Å². The third-order valence-corrected chi connectivity index (χ3v) is 25.0. The Labute approximate surface area is 560 Å². The molecule has 0 aliphatic rings. The van der Waals surface area contributed by atoms with Crippen LogP contribution in [0, 0.1) is 0 Å². The zero-order valence-electron chi connectivity index (χ0n) is 51.1. The molecular formula is C87H48N6S2Se. The third kappa shape index (κ3) is 7.26. The second kappa shape index (κ2) is 20.0. The minimum atomic E-state index is 0.256. The molecule has 9 heterocycles. The zero-order chi connectivity index (χ0) is 62.4. The number of hydrogen-bond donors (Lipinski definition) is 0. The Morgan fingerprint density at radius 1 is 0.240 bits per heavy atom. The van der Waals surface area contributed by atoms with Crippen molar-refractivity contribution < 1.29 is 0 Å². The SMILES string of the molecule is c1ccc(-c2nc(-c3ccccc3)nc(-n3c4ccccc4c4ccc5c(c6cccc7c8ccccc8c8cccc9sc%10cccc(c%10c98)n5c76)c43)n2)cc1.c1ccc2c(c1)[se]c1c2ccc2c3cccc4c5ccccc5c5cccc6sc7cccc(c7c65)n(c43)c21. The van der Waals surface area contributed by atoms with E-state index >= 15 is 0 Å². The van der Waals surface area contributed by atoms with Gasteiger partial charge in [-0.2, -0.15) is 9.97 Å². The van der Waals surface area contributed by atoms with Gasteiger partial charge in [-0.15, -0.1) is 11.3 Å². The number of thiophene rings is 2. The van der Waals surface area contributed by atoms with Crippen LogP contribution in [-0.2, 0) is 0 Å². The molecule has 444 valence electrons. The first-order valence-corrected chi connectivity index (χ1v) is 35.8. The Morgan fingerprint density at radius 2 is 0.635 bits per heavy atom. The van der Waals surface area contributed by atoms with Gasteiger partial charge < -0.3 is 4.40 Å². The van der Waals surface area contributed by atoms with E-state index in [-0.39, 0.29) is 14.5 Å². The van der Waals surface area contributed by atoms with Gasteiger partial charge in [-0.05, 0) is 46.5 Å². The minimum absolute atomic E-state index is 0.256. The molecule has 0 aliphatic heterocycles. The van der Waals surface area contributed by atoms with E-state index in [0.29, 0.717) is 17.6 Å². The van der Waals surface area contributed by atoms with Crippen molar-refractivity contribution in [3.63, 3.8) is 0 Å². The number of nitrogens with zero attached hydrogens (tertiary/aromatic N) is 6. The fraction of sp³-hybridized carbons (Fsp3) is 0. The number of fused-ring (bicyclic) bond motifs is 22. The van der Waals surface area contributed by atoms with Gasteiger partial charge in [0, 0.05) is 58.2 Å². The molecule has 96 heavy (non-hydrogen) atoms. The molecule has 23 rings (SSSR count). The predicted octanol–water partition coefficient (Wildman–Crippen LogP) is 23.8. The monoisotopic (exact) mass is 1320 g/mol. The van der Waals surface area contributed by atoms with Gasteiger partial charge in [0.05, 0.1) is 27.6 Å². The first-order valence-electron chi connectivity index (χ1n) is 32.5. The standard InChI is InChI=1S/C51H29N5S.C36H19NSSe/c1-3-14-30(15-4-1)49-52-50(31-16-5-2-6-17-31)54-51(53-49)56-39-24-10-9-20-34(39)37-28-29-41-44(48(37)56)38-23-11-22-36-33-19-8-7-18-32(33)35-21-12-26-42-45(35)46-40(55(41)47(36)38)25-13-27-43(46)57-42;1-2-9-21-20(8-1)23-11-6-15-29-32(23)33-28(14-7-16-30(33)38-29)37-34-24(21)12-5-13-25(34)26-18-19-27-22-10-3-4-17-31(22)39-36(27)35(26)37/h1-29H;1-19H. The molecule has 0 atom stereocenters. The molecule has 14 aromatic carbocycles. The van der Waals surface area contributed by atoms with E-state index in [1.165, 1.54) is 152 Å². The van der Waals surface area contributed by atoms with Gasteiger partial charge in [-0.3, -0.25) is 4.57 Å². The van der Waals surface area contributed by atoms with Crippen molar-refractivity contribution in [2.45, 2.75) is 0 Å². The molecule has 0 N–H and O–H groups in total. The van der Waals surface area contributed by atoms with Crippen molar-refractivity contribution in [1.29, 1.82) is 0 Å². The van der Waals surface area contributed by atoms with Crippen LogP contribution in [0.25, 0.3) is 208 Å². The first-order chi connectivity index (χ1) is 47.7. The molecule has 6 nitrogen and oxygen atoms in total. The second-order valence-corrected chi connectivity index (χ2v) is 29.6. The molecule has 0 aliphatic carbocycles. The first kappa shape index (κ1) is 52.9. The van der Waals surface area contributed by atoms with Gasteiger partial charge in [0.15, 0.2) is 11.6 Å². The number of hydrogen-bond acceptors (Lipinski definition) is 5. The van der Waals surface area contributed by atoms with Crippen LogP contribution in [0.1, 0.15) is 0 Å². The van der Waals surface area contributed by atoms with Crippen LogP contribution >= 0.6 is 22.7 Å². The van der Waals surface area contributed by atoms with Crippen molar-refractivity contribution in [2.75, 3.05) is 0 Å². The van der Waals surface area contributed by atoms with E-state index in [1.807, 2.05) is 59.1 Å². The summed E-state index contributed by atoms with van der Waals surface area (Å²) in [7, 11) is 0. The van der Waals surface area contributed by atoms with E-state index in [9.17, 15) is 0 Å². The van der Waals surface area contributed by atoms with E-state index in [0.717, 1.165) is 38.4 Å². The maximum atomic E-state index is 5.30. The van der Waals surface area contributed by atoms with E-state index < -0.39 is 0 Å². The van der Waals surface area contributed by atoms with Crippen molar-refractivity contribution in [2.24, 2.45) is 0 Å². The van der Waals surface area contributed by atoms with Crippen molar-refractivity contribution in [3.8, 4) is 28.7 Å². The quantitative estimate of drug-likeness (QED) is 0.166. The predicted molar refractivity (Wildman–Crippen MR) is 411 cm³/mol. The summed E-state index contributed by atoms with van der Waals surface area (Å²) in [6.07, 6.45) is 0. The number of rotatable bonds is 3. The summed E-state index contributed by atoms with van der Waals surface area (Å²) in [5.41, 5.74) is 11.5. The van der Waals surface area contributed by atoms with Crippen molar-refractivity contribution in [1.82, 2.24) is 28.3 Å². The summed E-state index contributed by atoms with van der Waals surface area (Å²) >= 11 is 4.04. The van der Waals surface area contributed by atoms with E-state index in [2.05, 4.69) is 268 Å². The number of benzene rings is 14.